The molecule has 3 N–H and O–H groups in total. The third kappa shape index (κ3) is 2.86. The van der Waals surface area contributed by atoms with E-state index < -0.39 is 0 Å². The zero-order valence-corrected chi connectivity index (χ0v) is 14.6. The molecule has 4 rings (SSSR count). The highest BCUT2D eigenvalue weighted by Gasteiger charge is 2.29. The maximum Gasteiger partial charge on any atom is 0.115 e. The number of hydrogen-bond acceptors (Lipinski definition) is 3. The molecule has 0 saturated carbocycles. The fourth-order valence-corrected chi connectivity index (χ4v) is 4.36. The summed E-state index contributed by atoms with van der Waals surface area (Å²) in [6, 6.07) is 6.13. The lowest BCUT2D eigenvalue weighted by molar-refractivity contribution is 0.474. The van der Waals surface area contributed by atoms with Crippen molar-refractivity contribution in [3.63, 3.8) is 0 Å². The van der Waals surface area contributed by atoms with Crippen molar-refractivity contribution in [1.29, 1.82) is 0 Å². The minimum atomic E-state index is 0.259. The van der Waals surface area contributed by atoms with Crippen LogP contribution in [0.1, 0.15) is 30.4 Å². The molecule has 23 heavy (non-hydrogen) atoms. The molecule has 1 aromatic carbocycles. The first-order chi connectivity index (χ1) is 11.2. The second kappa shape index (κ2) is 6.17. The molecule has 3 aliphatic rings. The predicted octanol–water partition coefficient (Wildman–Crippen LogP) is 3.61. The van der Waals surface area contributed by atoms with Crippen LogP contribution in [0.25, 0.3) is 5.57 Å². The highest BCUT2D eigenvalue weighted by Crippen LogP contribution is 2.40. The Morgan fingerprint density at radius 3 is 2.74 bits per heavy atom. The average Bonchev–Trinajstić information content (AvgIpc) is 2.72. The molecule has 0 aromatic heterocycles. The lowest BCUT2D eigenvalue weighted by atomic mass is 9.85. The summed E-state index contributed by atoms with van der Waals surface area (Å²) < 4.78 is 1.10. The highest BCUT2D eigenvalue weighted by molar-refractivity contribution is 9.11. The van der Waals surface area contributed by atoms with E-state index >= 15 is 0 Å². The molecular formula is C19H21BrN2O. The summed E-state index contributed by atoms with van der Waals surface area (Å²) in [7, 11) is 0. The van der Waals surface area contributed by atoms with Gasteiger partial charge in [-0.1, -0.05) is 11.6 Å². The summed E-state index contributed by atoms with van der Waals surface area (Å²) in [5.74, 6) is 0.365. The van der Waals surface area contributed by atoms with E-state index in [0.717, 1.165) is 43.3 Å². The minimum absolute atomic E-state index is 0.259. The Morgan fingerprint density at radius 1 is 1.09 bits per heavy atom. The molecule has 0 amide bonds. The first-order valence-corrected chi connectivity index (χ1v) is 9.09. The van der Waals surface area contributed by atoms with Crippen LogP contribution < -0.4 is 10.6 Å². The Labute approximate surface area is 145 Å². The van der Waals surface area contributed by atoms with Crippen molar-refractivity contribution in [1.82, 2.24) is 10.6 Å². The summed E-state index contributed by atoms with van der Waals surface area (Å²) in [5, 5.41) is 17.0. The quantitative estimate of drug-likeness (QED) is 0.651. The topological polar surface area (TPSA) is 44.3 Å². The number of allylic oxidation sites excluding steroid dienone is 2. The molecule has 4 heteroatoms. The molecule has 0 spiro atoms. The van der Waals surface area contributed by atoms with Crippen LogP contribution in [0.15, 0.2) is 46.1 Å². The van der Waals surface area contributed by atoms with E-state index in [1.807, 2.05) is 12.1 Å². The predicted molar refractivity (Wildman–Crippen MR) is 97.5 cm³/mol. The Balaban J connectivity index is 1.89. The largest absolute Gasteiger partial charge is 0.508 e. The molecule has 1 unspecified atom stereocenters. The van der Waals surface area contributed by atoms with Crippen LogP contribution in [0.2, 0.25) is 0 Å². The number of aromatic hydroxyl groups is 1. The SMILES string of the molecule is Oc1ccc2c(c1)CCC1=CC(Br)=CNC1C2=C1CCNCC1. The van der Waals surface area contributed by atoms with Gasteiger partial charge in [0, 0.05) is 10.7 Å². The van der Waals surface area contributed by atoms with Crippen molar-refractivity contribution in [2.24, 2.45) is 0 Å². The van der Waals surface area contributed by atoms with Gasteiger partial charge in [-0.05, 0) is 95.2 Å². The van der Waals surface area contributed by atoms with Crippen molar-refractivity contribution in [3.8, 4) is 5.75 Å². The molecule has 0 bridgehead atoms. The third-order valence-corrected chi connectivity index (χ3v) is 5.48. The first kappa shape index (κ1) is 15.0. The van der Waals surface area contributed by atoms with Gasteiger partial charge in [0.1, 0.15) is 5.75 Å². The third-order valence-electron chi connectivity index (χ3n) is 5.02. The van der Waals surface area contributed by atoms with E-state index in [4.69, 9.17) is 0 Å². The average molecular weight is 373 g/mol. The van der Waals surface area contributed by atoms with Gasteiger partial charge >= 0.3 is 0 Å². The van der Waals surface area contributed by atoms with Gasteiger partial charge in [-0.3, -0.25) is 0 Å². The molecule has 120 valence electrons. The lowest BCUT2D eigenvalue weighted by Crippen LogP contribution is -2.32. The van der Waals surface area contributed by atoms with Crippen LogP contribution >= 0.6 is 15.9 Å². The molecule has 1 fully saturated rings. The van der Waals surface area contributed by atoms with Crippen molar-refractivity contribution >= 4 is 21.5 Å². The van der Waals surface area contributed by atoms with Crippen molar-refractivity contribution < 1.29 is 5.11 Å². The van der Waals surface area contributed by atoms with E-state index in [9.17, 15) is 5.11 Å². The maximum atomic E-state index is 9.90. The number of benzene rings is 1. The molecule has 1 aromatic rings. The first-order valence-electron chi connectivity index (χ1n) is 8.29. The zero-order valence-electron chi connectivity index (χ0n) is 13.0. The molecule has 1 atom stereocenters. The summed E-state index contributed by atoms with van der Waals surface area (Å²) in [4.78, 5) is 0. The van der Waals surface area contributed by atoms with Crippen LogP contribution in [0.4, 0.5) is 0 Å². The number of dihydropyridines is 1. The van der Waals surface area contributed by atoms with Gasteiger partial charge in [0.15, 0.2) is 0 Å². The number of hydrogen-bond donors (Lipinski definition) is 3. The number of piperidine rings is 1. The molecule has 3 nitrogen and oxygen atoms in total. The molecule has 0 radical (unpaired) electrons. The molecule has 2 aliphatic heterocycles. The molecule has 1 saturated heterocycles. The highest BCUT2D eigenvalue weighted by atomic mass is 79.9. The van der Waals surface area contributed by atoms with Gasteiger partial charge in [-0.15, -0.1) is 0 Å². The minimum Gasteiger partial charge on any atom is -0.508 e. The Kier molecular flexibility index (Phi) is 4.04. The van der Waals surface area contributed by atoms with Gasteiger partial charge < -0.3 is 15.7 Å². The molecular weight excluding hydrogens is 352 g/mol. The molecule has 2 heterocycles. The van der Waals surface area contributed by atoms with Crippen LogP contribution in [-0.2, 0) is 6.42 Å². The van der Waals surface area contributed by atoms with Crippen LogP contribution in [-0.4, -0.2) is 24.2 Å². The van der Waals surface area contributed by atoms with Crippen molar-refractivity contribution in [3.05, 3.63) is 57.2 Å². The lowest BCUT2D eigenvalue weighted by Gasteiger charge is -2.30. The second-order valence-corrected chi connectivity index (χ2v) is 7.37. The van der Waals surface area contributed by atoms with Gasteiger partial charge in [0.2, 0.25) is 0 Å². The van der Waals surface area contributed by atoms with Crippen molar-refractivity contribution in [2.45, 2.75) is 31.7 Å². The van der Waals surface area contributed by atoms with Crippen LogP contribution in [0, 0.1) is 0 Å². The maximum absolute atomic E-state index is 9.90. The fourth-order valence-electron chi connectivity index (χ4n) is 3.93. The van der Waals surface area contributed by atoms with Gasteiger partial charge in [-0.2, -0.15) is 0 Å². The summed E-state index contributed by atoms with van der Waals surface area (Å²) in [5.41, 5.74) is 6.98. The number of nitrogens with one attached hydrogen (secondary N) is 2. The number of fused-ring (bicyclic) bond motifs is 2. The smallest absolute Gasteiger partial charge is 0.115 e. The van der Waals surface area contributed by atoms with E-state index in [1.54, 1.807) is 5.57 Å². The zero-order chi connectivity index (χ0) is 15.8. The van der Waals surface area contributed by atoms with E-state index in [1.165, 1.54) is 22.3 Å². The number of phenolic OH excluding ortho intramolecular Hbond substituents is 1. The van der Waals surface area contributed by atoms with E-state index in [2.05, 4.69) is 44.9 Å². The van der Waals surface area contributed by atoms with E-state index in [-0.39, 0.29) is 6.04 Å². The fraction of sp³-hybridized carbons (Fsp3) is 0.368. The van der Waals surface area contributed by atoms with Crippen molar-refractivity contribution in [2.75, 3.05) is 13.1 Å². The van der Waals surface area contributed by atoms with Crippen LogP contribution in [0.3, 0.4) is 0 Å². The van der Waals surface area contributed by atoms with Crippen LogP contribution in [0.5, 0.6) is 5.75 Å². The summed E-state index contributed by atoms with van der Waals surface area (Å²) in [6.07, 6.45) is 8.52. The van der Waals surface area contributed by atoms with Gasteiger partial charge in [0.05, 0.1) is 6.04 Å². The summed E-state index contributed by atoms with van der Waals surface area (Å²) >= 11 is 3.59. The second-order valence-electron chi connectivity index (χ2n) is 6.46. The van der Waals surface area contributed by atoms with Gasteiger partial charge in [-0.25, -0.2) is 0 Å². The normalized spacial score (nSPS) is 24.0. The Bertz CT molecular complexity index is 725. The molecule has 1 aliphatic carbocycles. The Hall–Kier alpha value is -1.52. The Morgan fingerprint density at radius 2 is 1.91 bits per heavy atom. The van der Waals surface area contributed by atoms with Gasteiger partial charge in [0.25, 0.3) is 0 Å². The summed E-state index contributed by atoms with van der Waals surface area (Å²) in [6.45, 7) is 2.11. The monoisotopic (exact) mass is 372 g/mol. The number of halogens is 1. The number of aryl methyl sites for hydroxylation is 1. The van der Waals surface area contributed by atoms with E-state index in [0.29, 0.717) is 5.75 Å². The number of rotatable bonds is 0. The standard InChI is InChI=1S/C19H21BrN2O/c20-15-9-14-2-1-13-10-16(23)3-4-17(13)18(19(14)22-11-15)12-5-7-21-8-6-12/h3-4,9-11,19,21-23H,1-2,5-8H2. The number of phenols is 1.